The number of thiazole rings is 1. The Hall–Kier alpha value is -5.89. The number of pyridine rings is 1. The van der Waals surface area contributed by atoms with E-state index in [9.17, 15) is 38.2 Å². The van der Waals surface area contributed by atoms with Crippen LogP contribution in [0.3, 0.4) is 0 Å². The zero-order valence-electron chi connectivity index (χ0n) is 37.2. The van der Waals surface area contributed by atoms with Gasteiger partial charge < -0.3 is 34.5 Å². The fraction of sp³-hybridized carbons (Fsp3) is 0.413. The number of imidazole rings is 1. The number of alkyl halides is 3. The highest BCUT2D eigenvalue weighted by atomic mass is 32.1. The van der Waals surface area contributed by atoms with Gasteiger partial charge in [0.1, 0.15) is 28.9 Å². The Balaban J connectivity index is 0.867. The smallest absolute Gasteiger partial charge is 0.420 e. The van der Waals surface area contributed by atoms with Crippen molar-refractivity contribution < 1.29 is 46.8 Å². The van der Waals surface area contributed by atoms with Crippen molar-refractivity contribution in [3.05, 3.63) is 95.4 Å². The quantitative estimate of drug-likeness (QED) is 0.0332. The second-order valence-corrected chi connectivity index (χ2v) is 19.0. The van der Waals surface area contributed by atoms with Crippen molar-refractivity contribution in [3.63, 3.8) is 0 Å². The molecule has 21 heteroatoms. The van der Waals surface area contributed by atoms with Crippen molar-refractivity contribution in [2.45, 2.75) is 90.0 Å². The van der Waals surface area contributed by atoms with Gasteiger partial charge in [-0.05, 0) is 92.9 Å². The molecule has 0 bridgehead atoms. The fourth-order valence-electron chi connectivity index (χ4n) is 8.04. The van der Waals surface area contributed by atoms with E-state index in [2.05, 4.69) is 20.3 Å². The summed E-state index contributed by atoms with van der Waals surface area (Å²) in [6.45, 7) is 9.54. The van der Waals surface area contributed by atoms with Crippen molar-refractivity contribution >= 4 is 51.9 Å². The van der Waals surface area contributed by atoms with E-state index >= 15 is 4.39 Å². The molecule has 1 unspecified atom stereocenters. The minimum absolute atomic E-state index is 0.0522. The number of hydrogen-bond donors (Lipinski definition) is 4. The Morgan fingerprint density at radius 2 is 1.82 bits per heavy atom. The maximum Gasteiger partial charge on any atom is 0.420 e. The number of aliphatic hydroxyl groups excluding tert-OH is 2. The first kappa shape index (κ1) is 49.0. The van der Waals surface area contributed by atoms with Crippen LogP contribution < -0.4 is 19.9 Å². The van der Waals surface area contributed by atoms with Crippen molar-refractivity contribution in [1.82, 2.24) is 30.2 Å². The summed E-state index contributed by atoms with van der Waals surface area (Å²) in [4.78, 5) is 48.7. The maximum atomic E-state index is 15.4. The van der Waals surface area contributed by atoms with Gasteiger partial charge in [0.05, 0.1) is 82.4 Å². The number of H-pyrrole nitrogens is 1. The van der Waals surface area contributed by atoms with Crippen LogP contribution in [0.15, 0.2) is 72.6 Å². The second-order valence-electron chi connectivity index (χ2n) is 17.7. The first-order valence-corrected chi connectivity index (χ1v) is 22.6. The molecule has 67 heavy (non-hydrogen) atoms. The molecule has 2 aromatic carbocycles. The lowest BCUT2D eigenvalue weighted by Gasteiger charge is -2.36. The average Bonchev–Trinajstić information content (AvgIpc) is 4.09. The lowest BCUT2D eigenvalue weighted by Crippen LogP contribution is -2.56. The highest BCUT2D eigenvalue weighted by molar-refractivity contribution is 7.81. The standard InChI is InChI=1S/C46H49F4N9O6S2/c1-44(2,3)39(41(62)57-23-29(60)18-34(57)40-54-21-32(55-40)35-22-52-25-67-35)56-36(61)24-64-16-6-7-17-65-30-12-8-26(9-13-30)31-14-11-28(20-53-31)59-43(66)58(42(63)45(59,4)5)33-15-10-27(19-51)37(38(33)47)46(48,49)50/h8-15,20-22,25,29,34,36,39,56,60-61H,6-7,16-18,23-24H2,1-5H3,(H,54,55)/t29-,34+,36?,39-/m1/s1. The minimum atomic E-state index is -5.19. The number of amides is 2. The van der Waals surface area contributed by atoms with Gasteiger partial charge in [-0.3, -0.25) is 29.8 Å². The van der Waals surface area contributed by atoms with Crippen LogP contribution >= 0.6 is 23.6 Å². The Morgan fingerprint density at radius 3 is 2.46 bits per heavy atom. The van der Waals surface area contributed by atoms with E-state index in [4.69, 9.17) is 26.7 Å². The lowest BCUT2D eigenvalue weighted by atomic mass is 9.85. The molecule has 7 rings (SSSR count). The number of nitriles is 1. The number of carbonyl (C=O) groups excluding carboxylic acids is 2. The Bertz CT molecular complexity index is 2620. The minimum Gasteiger partial charge on any atom is -0.494 e. The predicted molar refractivity (Wildman–Crippen MR) is 245 cm³/mol. The van der Waals surface area contributed by atoms with Crippen molar-refractivity contribution in [2.75, 3.05) is 36.2 Å². The number of anilines is 2. The van der Waals surface area contributed by atoms with Gasteiger partial charge in [-0.2, -0.15) is 18.4 Å². The number of nitrogens with zero attached hydrogens (tertiary/aromatic N) is 7. The first-order chi connectivity index (χ1) is 31.7. The summed E-state index contributed by atoms with van der Waals surface area (Å²) < 4.78 is 68.4. The average molecular weight is 964 g/mol. The largest absolute Gasteiger partial charge is 0.494 e. The molecular weight excluding hydrogens is 915 g/mol. The van der Waals surface area contributed by atoms with Gasteiger partial charge in [0.2, 0.25) is 5.91 Å². The maximum absolute atomic E-state index is 15.4. The van der Waals surface area contributed by atoms with Gasteiger partial charge in [-0.25, -0.2) is 9.37 Å². The topological polar surface area (TPSA) is 193 Å². The van der Waals surface area contributed by atoms with Gasteiger partial charge in [0.25, 0.3) is 5.91 Å². The normalized spacial score (nSPS) is 18.4. The number of nitrogens with one attached hydrogen (secondary N) is 2. The molecule has 0 aliphatic carbocycles. The van der Waals surface area contributed by atoms with Crippen LogP contribution in [0, 0.1) is 22.6 Å². The van der Waals surface area contributed by atoms with Gasteiger partial charge in [-0.1, -0.05) is 20.8 Å². The number of rotatable bonds is 16. The molecule has 0 radical (unpaired) electrons. The van der Waals surface area contributed by atoms with Crippen LogP contribution in [0.2, 0.25) is 0 Å². The first-order valence-electron chi connectivity index (χ1n) is 21.3. The molecule has 0 spiro atoms. The third kappa shape index (κ3) is 10.5. The summed E-state index contributed by atoms with van der Waals surface area (Å²) in [5, 5.41) is 33.5. The number of β-amino-alcohol motifs (C(OH)–C–C–N with tert-alkyl or cyclic N) is 1. The number of aliphatic hydroxyl groups is 2. The third-order valence-corrected chi connectivity index (χ3v) is 12.6. The van der Waals surface area contributed by atoms with E-state index in [0.717, 1.165) is 22.6 Å². The van der Waals surface area contributed by atoms with Gasteiger partial charge in [0.15, 0.2) is 10.9 Å². The second kappa shape index (κ2) is 19.8. The van der Waals surface area contributed by atoms with Crippen molar-refractivity contribution in [2.24, 2.45) is 5.41 Å². The van der Waals surface area contributed by atoms with E-state index in [0.29, 0.717) is 66.0 Å². The number of halogens is 4. The van der Waals surface area contributed by atoms with Crippen LogP contribution in [-0.2, 0) is 20.5 Å². The van der Waals surface area contributed by atoms with Crippen LogP contribution in [-0.4, -0.2) is 102 Å². The molecule has 2 fully saturated rings. The molecule has 2 aliphatic rings. The summed E-state index contributed by atoms with van der Waals surface area (Å²) in [6.07, 6.45) is -0.486. The lowest BCUT2D eigenvalue weighted by molar-refractivity contribution is -0.140. The summed E-state index contributed by atoms with van der Waals surface area (Å²) in [5.41, 5.74) is -1.35. The molecule has 354 valence electrons. The highest BCUT2D eigenvalue weighted by Gasteiger charge is 2.52. The van der Waals surface area contributed by atoms with E-state index in [-0.39, 0.29) is 24.2 Å². The Kier molecular flexibility index (Phi) is 14.5. The molecule has 2 saturated heterocycles. The van der Waals surface area contributed by atoms with Gasteiger partial charge >= 0.3 is 6.18 Å². The summed E-state index contributed by atoms with van der Waals surface area (Å²) in [6, 6.07) is 12.4. The molecule has 2 aliphatic heterocycles. The molecule has 4 N–H and O–H groups in total. The molecule has 5 aromatic rings. The highest BCUT2D eigenvalue weighted by Crippen LogP contribution is 2.42. The number of ether oxygens (including phenoxy) is 2. The SMILES string of the molecule is CC(C)(C)[C@H](NC(O)COCCCCOc1ccc(-c2ccc(N3C(=S)N(c4ccc(C#N)c(C(F)(F)F)c4F)C(=O)C3(C)C)cn2)cc1)C(=O)N1C[C@H](O)C[C@H]1c1nc(-c2cncs2)c[nH]1. The van der Waals surface area contributed by atoms with Gasteiger partial charge in [0, 0.05) is 37.5 Å². The van der Waals surface area contributed by atoms with E-state index in [1.54, 1.807) is 47.1 Å². The van der Waals surface area contributed by atoms with Crippen molar-refractivity contribution in [3.8, 4) is 33.6 Å². The summed E-state index contributed by atoms with van der Waals surface area (Å²) in [5.74, 6) is -1.62. The van der Waals surface area contributed by atoms with E-state index in [1.807, 2.05) is 32.9 Å². The van der Waals surface area contributed by atoms with Gasteiger partial charge in [-0.15, -0.1) is 11.3 Å². The van der Waals surface area contributed by atoms with E-state index < -0.39 is 70.1 Å². The number of aromatic nitrogens is 4. The number of thiocarbonyl (C=S) groups is 1. The molecule has 2 amide bonds. The molecule has 4 atom stereocenters. The number of benzene rings is 2. The Morgan fingerprint density at radius 1 is 1.09 bits per heavy atom. The molecule has 0 saturated carbocycles. The number of likely N-dealkylation sites (tertiary alicyclic amines) is 1. The predicted octanol–water partition coefficient (Wildman–Crippen LogP) is 7.37. The van der Waals surface area contributed by atoms with Crippen LogP contribution in [0.25, 0.3) is 21.8 Å². The number of aromatic amines is 1. The van der Waals surface area contributed by atoms with Crippen molar-refractivity contribution in [1.29, 1.82) is 5.26 Å². The summed E-state index contributed by atoms with van der Waals surface area (Å²) in [7, 11) is 0. The molecule has 5 heterocycles. The number of unbranched alkanes of at least 4 members (excludes halogenated alkanes) is 1. The van der Waals surface area contributed by atoms with Crippen LogP contribution in [0.1, 0.15) is 76.9 Å². The Labute approximate surface area is 393 Å². The third-order valence-electron chi connectivity index (χ3n) is 11.5. The number of hydrogen-bond acceptors (Lipinski definition) is 13. The fourth-order valence-corrected chi connectivity index (χ4v) is 9.14. The number of carbonyl (C=O) groups is 2. The molecular formula is C46H49F4N9O6S2. The molecule has 15 nitrogen and oxygen atoms in total. The van der Waals surface area contributed by atoms with Crippen LogP contribution in [0.4, 0.5) is 28.9 Å². The van der Waals surface area contributed by atoms with E-state index in [1.165, 1.54) is 42.4 Å². The summed E-state index contributed by atoms with van der Waals surface area (Å²) >= 11 is 6.99. The van der Waals surface area contributed by atoms with Crippen LogP contribution in [0.5, 0.6) is 5.75 Å². The zero-order valence-corrected chi connectivity index (χ0v) is 38.8. The molecule has 3 aromatic heterocycles. The monoisotopic (exact) mass is 963 g/mol. The zero-order chi connectivity index (χ0) is 48.4.